The molecule has 0 unspecified atom stereocenters. The van der Waals surface area contributed by atoms with Crippen molar-refractivity contribution in [1.29, 1.82) is 5.26 Å². The monoisotopic (exact) mass is 734 g/mol. The molecule has 3 heteroatoms. The lowest BCUT2D eigenvalue weighted by atomic mass is 9.76. The van der Waals surface area contributed by atoms with Crippen LogP contribution in [-0.2, 0) is 10.8 Å². The number of pyridine rings is 1. The van der Waals surface area contributed by atoms with Gasteiger partial charge in [0.25, 0.3) is 0 Å². The fraction of sp³-hybridized carbons (Fsp3) is 0.148. The summed E-state index contributed by atoms with van der Waals surface area (Å²) >= 11 is 0. The third-order valence-corrected chi connectivity index (χ3v) is 11.8. The van der Waals surface area contributed by atoms with Crippen LogP contribution in [0, 0.1) is 11.3 Å². The summed E-state index contributed by atoms with van der Waals surface area (Å²) in [6, 6.07) is 50.5. The first kappa shape index (κ1) is 34.7. The molecule has 0 bridgehead atoms. The average Bonchev–Trinajstić information content (AvgIpc) is 3.75. The molecule has 2 heterocycles. The van der Waals surface area contributed by atoms with Gasteiger partial charge in [0, 0.05) is 34.3 Å². The summed E-state index contributed by atoms with van der Waals surface area (Å²) in [5.41, 5.74) is 18.7. The zero-order valence-corrected chi connectivity index (χ0v) is 33.2. The minimum Gasteiger partial charge on any atom is -0.456 e. The molecule has 7 aromatic carbocycles. The van der Waals surface area contributed by atoms with Crippen LogP contribution in [-0.4, -0.2) is 4.98 Å². The van der Waals surface area contributed by atoms with Crippen LogP contribution in [0.4, 0.5) is 0 Å². The van der Waals surface area contributed by atoms with Crippen molar-refractivity contribution in [3.05, 3.63) is 163 Å². The highest BCUT2D eigenvalue weighted by atomic mass is 16.3. The van der Waals surface area contributed by atoms with Crippen molar-refractivity contribution in [3.63, 3.8) is 0 Å². The fourth-order valence-corrected chi connectivity index (χ4v) is 8.94. The molecule has 0 fully saturated rings. The molecular weight excluding hydrogens is 693 g/mol. The highest BCUT2D eigenvalue weighted by Crippen LogP contribution is 2.61. The molecule has 0 amide bonds. The van der Waals surface area contributed by atoms with E-state index in [0.717, 1.165) is 49.7 Å². The molecule has 1 aliphatic rings. The number of fused-ring (bicyclic) bond motifs is 6. The van der Waals surface area contributed by atoms with Crippen LogP contribution < -0.4 is 0 Å². The second-order valence-corrected chi connectivity index (χ2v) is 17.5. The second-order valence-electron chi connectivity index (χ2n) is 17.5. The Kier molecular flexibility index (Phi) is 7.69. The van der Waals surface area contributed by atoms with E-state index < -0.39 is 0 Å². The zero-order chi connectivity index (χ0) is 39.2. The lowest BCUT2D eigenvalue weighted by Crippen LogP contribution is -2.12. The van der Waals surface area contributed by atoms with E-state index in [-0.39, 0.29) is 10.8 Å². The lowest BCUT2D eigenvalue weighted by molar-refractivity contribution is 0.589. The Morgan fingerprint density at radius 1 is 0.491 bits per heavy atom. The molecule has 9 aromatic rings. The van der Waals surface area contributed by atoms with Crippen molar-refractivity contribution in [3.8, 4) is 72.8 Å². The van der Waals surface area contributed by atoms with Crippen molar-refractivity contribution in [2.45, 2.75) is 52.4 Å². The van der Waals surface area contributed by atoms with Gasteiger partial charge in [-0.05, 0) is 137 Å². The Bertz CT molecular complexity index is 3110. The minimum absolute atomic E-state index is 0.0668. The van der Waals surface area contributed by atoms with Crippen LogP contribution in [0.15, 0.2) is 150 Å². The third-order valence-electron chi connectivity index (χ3n) is 11.8. The van der Waals surface area contributed by atoms with Crippen molar-refractivity contribution in [2.24, 2.45) is 0 Å². The normalized spacial score (nSPS) is 12.4. The summed E-state index contributed by atoms with van der Waals surface area (Å²) in [6.45, 7) is 13.9. The molecule has 3 nitrogen and oxygen atoms in total. The predicted octanol–water partition coefficient (Wildman–Crippen LogP) is 14.9. The maximum Gasteiger partial charge on any atom is 0.136 e. The molecule has 274 valence electrons. The number of nitriles is 1. The van der Waals surface area contributed by atoms with E-state index in [9.17, 15) is 5.26 Å². The summed E-state index contributed by atoms with van der Waals surface area (Å²) in [7, 11) is 0. The summed E-state index contributed by atoms with van der Waals surface area (Å²) in [5, 5.41) is 14.3. The first-order chi connectivity index (χ1) is 27.5. The van der Waals surface area contributed by atoms with Crippen LogP contribution in [0.3, 0.4) is 0 Å². The first-order valence-electron chi connectivity index (χ1n) is 19.7. The predicted molar refractivity (Wildman–Crippen MR) is 237 cm³/mol. The van der Waals surface area contributed by atoms with Gasteiger partial charge in [0.1, 0.15) is 11.2 Å². The van der Waals surface area contributed by atoms with E-state index in [0.29, 0.717) is 11.1 Å². The Morgan fingerprint density at radius 3 is 1.53 bits per heavy atom. The van der Waals surface area contributed by atoms with E-state index in [1.165, 1.54) is 55.3 Å². The van der Waals surface area contributed by atoms with Gasteiger partial charge in [-0.3, -0.25) is 4.98 Å². The molecule has 0 N–H and O–H groups in total. The van der Waals surface area contributed by atoms with Crippen LogP contribution in [0.25, 0.3) is 99.5 Å². The number of hydrogen-bond donors (Lipinski definition) is 0. The van der Waals surface area contributed by atoms with Gasteiger partial charge < -0.3 is 4.42 Å². The summed E-state index contributed by atoms with van der Waals surface area (Å²) in [6.07, 6.45) is 3.86. The summed E-state index contributed by atoms with van der Waals surface area (Å²) in [4.78, 5) is 4.74. The molecule has 2 aromatic heterocycles. The van der Waals surface area contributed by atoms with Crippen LogP contribution in [0.2, 0.25) is 0 Å². The third kappa shape index (κ3) is 5.51. The molecule has 10 rings (SSSR count). The first-order valence-corrected chi connectivity index (χ1v) is 19.7. The number of nitrogens with zero attached hydrogens (tertiary/aromatic N) is 2. The van der Waals surface area contributed by atoms with Crippen LogP contribution in [0.5, 0.6) is 0 Å². The van der Waals surface area contributed by atoms with E-state index in [2.05, 4.69) is 157 Å². The topological polar surface area (TPSA) is 49.8 Å². The van der Waals surface area contributed by atoms with Crippen LogP contribution in [0.1, 0.15) is 58.2 Å². The van der Waals surface area contributed by atoms with Gasteiger partial charge in [0.05, 0.1) is 11.6 Å². The SMILES string of the molecule is CC(C)(C)c1cc2c3c(cc(C(C)(C)C)cc3c1)-c1c(-c3ccccc3)c(-c3ccc4c(c3)oc3cc(C#N)ccc34)c(-c3cccnc3)c(-c3ccccc3)c1-2. The fourth-order valence-electron chi connectivity index (χ4n) is 8.94. The Labute approximate surface area is 333 Å². The molecule has 0 radical (unpaired) electrons. The van der Waals surface area contributed by atoms with Crippen molar-refractivity contribution in [2.75, 3.05) is 0 Å². The quantitative estimate of drug-likeness (QED) is 0.181. The maximum absolute atomic E-state index is 9.68. The largest absolute Gasteiger partial charge is 0.456 e. The Morgan fingerprint density at radius 2 is 1.00 bits per heavy atom. The minimum atomic E-state index is -0.0727. The van der Waals surface area contributed by atoms with Crippen LogP contribution >= 0.6 is 0 Å². The van der Waals surface area contributed by atoms with E-state index in [1.54, 1.807) is 0 Å². The Hall–Kier alpha value is -6.76. The van der Waals surface area contributed by atoms with Gasteiger partial charge in [0.2, 0.25) is 0 Å². The molecule has 0 atom stereocenters. The molecular formula is C54H42N2O. The van der Waals surface area contributed by atoms with Gasteiger partial charge in [-0.15, -0.1) is 0 Å². The van der Waals surface area contributed by atoms with Gasteiger partial charge in [-0.1, -0.05) is 126 Å². The van der Waals surface area contributed by atoms with E-state index in [1.807, 2.05) is 36.7 Å². The molecule has 57 heavy (non-hydrogen) atoms. The van der Waals surface area contributed by atoms with Crippen molar-refractivity contribution < 1.29 is 4.42 Å². The number of furan rings is 1. The average molecular weight is 735 g/mol. The summed E-state index contributed by atoms with van der Waals surface area (Å²) < 4.78 is 6.59. The maximum atomic E-state index is 9.68. The van der Waals surface area contributed by atoms with Crippen molar-refractivity contribution >= 4 is 32.7 Å². The molecule has 0 saturated carbocycles. The lowest BCUT2D eigenvalue weighted by Gasteiger charge is -2.26. The van der Waals surface area contributed by atoms with E-state index >= 15 is 0 Å². The van der Waals surface area contributed by atoms with Crippen molar-refractivity contribution in [1.82, 2.24) is 4.98 Å². The highest BCUT2D eigenvalue weighted by molar-refractivity contribution is 6.26. The molecule has 0 spiro atoms. The molecule has 0 saturated heterocycles. The number of hydrogen-bond acceptors (Lipinski definition) is 3. The van der Waals surface area contributed by atoms with Gasteiger partial charge in [0.15, 0.2) is 0 Å². The highest BCUT2D eigenvalue weighted by Gasteiger charge is 2.36. The smallest absolute Gasteiger partial charge is 0.136 e. The number of aromatic nitrogens is 1. The van der Waals surface area contributed by atoms with Gasteiger partial charge in [-0.25, -0.2) is 0 Å². The second kappa shape index (κ2) is 12.6. The van der Waals surface area contributed by atoms with Gasteiger partial charge >= 0.3 is 0 Å². The number of benzene rings is 7. The standard InChI is InChI=1S/C54H42N2O/c1-53(2,3)38-25-37-26-39(54(4,5)6)29-43-46(37)42(28-38)51-47(33-14-9-7-10-15-33)49(35-20-22-41-40-21-19-32(30-55)24-44(40)57-45(41)27-35)50(36-18-13-23-56-31-36)48(52(43)51)34-16-11-8-12-17-34/h7-29,31H,1-6H3. The number of rotatable bonds is 4. The molecule has 1 aliphatic carbocycles. The summed E-state index contributed by atoms with van der Waals surface area (Å²) in [5.74, 6) is 0. The Balaban J connectivity index is 1.46. The zero-order valence-electron chi connectivity index (χ0n) is 33.2. The van der Waals surface area contributed by atoms with Gasteiger partial charge in [-0.2, -0.15) is 5.26 Å². The van der Waals surface area contributed by atoms with E-state index in [4.69, 9.17) is 9.40 Å². The molecule has 0 aliphatic heterocycles.